The predicted molar refractivity (Wildman–Crippen MR) is 88.7 cm³/mol. The molecule has 3 aromatic rings. The van der Waals surface area contributed by atoms with Gasteiger partial charge in [-0.1, -0.05) is 17.7 Å². The van der Waals surface area contributed by atoms with Crippen molar-refractivity contribution < 1.29 is 18.0 Å². The second-order valence-corrected chi connectivity index (χ2v) is 5.98. The maximum Gasteiger partial charge on any atom is 0.416 e. The zero-order chi connectivity index (χ0) is 18.2. The Morgan fingerprint density at radius 1 is 1.32 bits per heavy atom. The van der Waals surface area contributed by atoms with E-state index in [2.05, 4.69) is 10.3 Å². The zero-order valence-electron chi connectivity index (χ0n) is 13.1. The fraction of sp³-hybridized carbons (Fsp3) is 0.176. The van der Waals surface area contributed by atoms with Crippen LogP contribution in [0.5, 0.6) is 0 Å². The molecular weight excluding hydrogens is 355 g/mol. The quantitative estimate of drug-likeness (QED) is 0.741. The molecule has 0 unspecified atom stereocenters. The van der Waals surface area contributed by atoms with Gasteiger partial charge in [-0.25, -0.2) is 4.98 Å². The number of aromatic nitrogens is 2. The Hall–Kier alpha value is -2.54. The summed E-state index contributed by atoms with van der Waals surface area (Å²) in [5, 5.41) is 2.44. The molecule has 25 heavy (non-hydrogen) atoms. The molecule has 0 spiro atoms. The van der Waals surface area contributed by atoms with E-state index in [4.69, 9.17) is 11.6 Å². The molecule has 1 N–H and O–H groups in total. The Labute approximate surface area is 146 Å². The van der Waals surface area contributed by atoms with E-state index in [0.29, 0.717) is 5.69 Å². The van der Waals surface area contributed by atoms with Gasteiger partial charge in [0.15, 0.2) is 0 Å². The second-order valence-electron chi connectivity index (χ2n) is 5.57. The van der Waals surface area contributed by atoms with Gasteiger partial charge in [-0.15, -0.1) is 0 Å². The lowest BCUT2D eigenvalue weighted by Gasteiger charge is -2.11. The van der Waals surface area contributed by atoms with Gasteiger partial charge in [0.05, 0.1) is 28.4 Å². The van der Waals surface area contributed by atoms with E-state index in [1.165, 1.54) is 0 Å². The van der Waals surface area contributed by atoms with Crippen molar-refractivity contribution >= 4 is 28.8 Å². The van der Waals surface area contributed by atoms with Crippen molar-refractivity contribution in [3.8, 4) is 0 Å². The minimum atomic E-state index is -4.51. The first kappa shape index (κ1) is 17.3. The minimum Gasteiger partial charge on any atom is -0.324 e. The van der Waals surface area contributed by atoms with Crippen LogP contribution in [0.25, 0.3) is 5.65 Å². The summed E-state index contributed by atoms with van der Waals surface area (Å²) < 4.78 is 40.1. The Balaban J connectivity index is 1.79. The number of rotatable bonds is 3. The van der Waals surface area contributed by atoms with Crippen LogP contribution in [-0.2, 0) is 17.4 Å². The number of hydrogen-bond acceptors (Lipinski definition) is 2. The van der Waals surface area contributed by atoms with Crippen LogP contribution in [0, 0.1) is 6.92 Å². The highest BCUT2D eigenvalue weighted by Gasteiger charge is 2.31. The number of carbonyl (C=O) groups is 1. The average molecular weight is 368 g/mol. The number of halogens is 4. The number of nitrogens with zero attached hydrogens (tertiary/aromatic N) is 2. The molecule has 0 saturated heterocycles. The lowest BCUT2D eigenvalue weighted by atomic mass is 10.2. The number of hydrogen-bond donors (Lipinski definition) is 1. The van der Waals surface area contributed by atoms with Crippen LogP contribution in [0.1, 0.15) is 16.8 Å². The molecule has 1 aromatic carbocycles. The molecule has 0 saturated carbocycles. The summed E-state index contributed by atoms with van der Waals surface area (Å²) in [5.41, 5.74) is 1.23. The minimum absolute atomic E-state index is 0.0344. The number of imidazole rings is 1. The van der Waals surface area contributed by atoms with Crippen molar-refractivity contribution in [1.82, 2.24) is 9.38 Å². The third kappa shape index (κ3) is 3.76. The van der Waals surface area contributed by atoms with Gasteiger partial charge < -0.3 is 9.72 Å². The van der Waals surface area contributed by atoms with Crippen LogP contribution in [0.3, 0.4) is 0 Å². The number of fused-ring (bicyclic) bond motifs is 1. The monoisotopic (exact) mass is 367 g/mol. The molecule has 2 heterocycles. The van der Waals surface area contributed by atoms with Gasteiger partial charge in [-0.3, -0.25) is 4.79 Å². The van der Waals surface area contributed by atoms with Crippen LogP contribution >= 0.6 is 11.6 Å². The highest BCUT2D eigenvalue weighted by molar-refractivity contribution is 6.33. The highest BCUT2D eigenvalue weighted by Crippen LogP contribution is 2.33. The summed E-state index contributed by atoms with van der Waals surface area (Å²) in [4.78, 5) is 16.5. The van der Waals surface area contributed by atoms with Gasteiger partial charge in [0.25, 0.3) is 0 Å². The van der Waals surface area contributed by atoms with E-state index in [9.17, 15) is 18.0 Å². The van der Waals surface area contributed by atoms with Crippen LogP contribution in [0.15, 0.2) is 42.7 Å². The Morgan fingerprint density at radius 2 is 2.08 bits per heavy atom. The molecule has 2 aromatic heterocycles. The van der Waals surface area contributed by atoms with Gasteiger partial charge in [-0.2, -0.15) is 13.2 Å². The van der Waals surface area contributed by atoms with Crippen LogP contribution in [0.4, 0.5) is 18.9 Å². The van der Waals surface area contributed by atoms with E-state index < -0.39 is 17.6 Å². The molecule has 8 heteroatoms. The van der Waals surface area contributed by atoms with Crippen molar-refractivity contribution in [2.24, 2.45) is 0 Å². The summed E-state index contributed by atoms with van der Waals surface area (Å²) in [6, 6.07) is 6.54. The fourth-order valence-electron chi connectivity index (χ4n) is 2.45. The van der Waals surface area contributed by atoms with E-state index in [1.807, 2.05) is 19.1 Å². The van der Waals surface area contributed by atoms with Gasteiger partial charge in [0.1, 0.15) is 5.65 Å². The summed E-state index contributed by atoms with van der Waals surface area (Å²) >= 11 is 5.88. The SMILES string of the molecule is Cc1cccn2cc(CC(=O)Nc3cc(C(F)(F)F)ccc3Cl)nc12. The number of amides is 1. The Bertz CT molecular complexity index is 950. The first-order chi connectivity index (χ1) is 11.7. The van der Waals surface area contributed by atoms with Gasteiger partial charge in [-0.05, 0) is 36.8 Å². The van der Waals surface area contributed by atoms with Gasteiger partial charge >= 0.3 is 6.18 Å². The van der Waals surface area contributed by atoms with Gasteiger partial charge in [0.2, 0.25) is 5.91 Å². The molecular formula is C17H13ClF3N3O. The number of alkyl halides is 3. The number of benzene rings is 1. The van der Waals surface area contributed by atoms with E-state index in [1.54, 1.807) is 16.8 Å². The summed E-state index contributed by atoms with van der Waals surface area (Å²) in [6.07, 6.45) is -1.08. The second kappa shape index (κ2) is 6.40. The summed E-state index contributed by atoms with van der Waals surface area (Å²) in [5.74, 6) is -0.498. The molecule has 0 fully saturated rings. The van der Waals surface area contributed by atoms with Crippen molar-refractivity contribution in [3.63, 3.8) is 0 Å². The first-order valence-corrected chi connectivity index (χ1v) is 7.71. The maximum atomic E-state index is 12.8. The van der Waals surface area contributed by atoms with Crippen molar-refractivity contribution in [3.05, 3.63) is 64.6 Å². The molecule has 0 aliphatic carbocycles. The number of aryl methyl sites for hydroxylation is 1. The fourth-order valence-corrected chi connectivity index (χ4v) is 2.61. The molecule has 3 rings (SSSR count). The van der Waals surface area contributed by atoms with Crippen LogP contribution < -0.4 is 5.32 Å². The standard InChI is InChI=1S/C17H13ClF3N3O/c1-10-3-2-6-24-9-12(22-16(10)24)8-15(25)23-14-7-11(17(19,20)21)4-5-13(14)18/h2-7,9H,8H2,1H3,(H,23,25). The number of nitrogens with one attached hydrogen (secondary N) is 1. The number of carbonyl (C=O) groups excluding carboxylic acids is 1. The van der Waals surface area contributed by atoms with E-state index >= 15 is 0 Å². The van der Waals surface area contributed by atoms with E-state index in [0.717, 1.165) is 29.4 Å². The third-order valence-electron chi connectivity index (χ3n) is 3.64. The molecule has 4 nitrogen and oxygen atoms in total. The van der Waals surface area contributed by atoms with Crippen molar-refractivity contribution in [2.45, 2.75) is 19.5 Å². The molecule has 0 radical (unpaired) electrons. The normalized spacial score (nSPS) is 11.7. The summed E-state index contributed by atoms with van der Waals surface area (Å²) in [7, 11) is 0. The molecule has 0 aliphatic heterocycles. The topological polar surface area (TPSA) is 46.4 Å². The smallest absolute Gasteiger partial charge is 0.324 e. The zero-order valence-corrected chi connectivity index (χ0v) is 13.8. The van der Waals surface area contributed by atoms with Crippen LogP contribution in [-0.4, -0.2) is 15.3 Å². The molecule has 130 valence electrons. The number of anilines is 1. The third-order valence-corrected chi connectivity index (χ3v) is 3.97. The Kier molecular flexibility index (Phi) is 4.43. The molecule has 0 bridgehead atoms. The van der Waals surface area contributed by atoms with Crippen molar-refractivity contribution in [1.29, 1.82) is 0 Å². The summed E-state index contributed by atoms with van der Waals surface area (Å²) in [6.45, 7) is 1.90. The molecule has 1 amide bonds. The average Bonchev–Trinajstić information content (AvgIpc) is 2.92. The number of pyridine rings is 1. The predicted octanol–water partition coefficient (Wildman–Crippen LogP) is 4.50. The Morgan fingerprint density at radius 3 is 2.76 bits per heavy atom. The lowest BCUT2D eigenvalue weighted by Crippen LogP contribution is -2.16. The highest BCUT2D eigenvalue weighted by atomic mass is 35.5. The van der Waals surface area contributed by atoms with Crippen LogP contribution in [0.2, 0.25) is 5.02 Å². The van der Waals surface area contributed by atoms with Crippen molar-refractivity contribution in [2.75, 3.05) is 5.32 Å². The van der Waals surface area contributed by atoms with E-state index in [-0.39, 0.29) is 17.1 Å². The largest absolute Gasteiger partial charge is 0.416 e. The molecule has 0 aliphatic rings. The van der Waals surface area contributed by atoms with Gasteiger partial charge in [0, 0.05) is 12.4 Å². The maximum absolute atomic E-state index is 12.8. The lowest BCUT2D eigenvalue weighted by molar-refractivity contribution is -0.137. The molecule has 0 atom stereocenters. The first-order valence-electron chi connectivity index (χ1n) is 7.34.